The second-order valence-electron chi connectivity index (χ2n) is 2.61. The number of phenols is 1. The van der Waals surface area contributed by atoms with E-state index in [2.05, 4.69) is 0 Å². The minimum Gasteiger partial charge on any atom is -0.508 e. The Balaban J connectivity index is 2.97. The van der Waals surface area contributed by atoms with Crippen LogP contribution >= 0.6 is 0 Å². The fraction of sp³-hybridized carbons (Fsp3) is 0.200. The van der Waals surface area contributed by atoms with Gasteiger partial charge in [-0.3, -0.25) is 0 Å². The molecule has 0 aliphatic rings. The molecule has 3 heteroatoms. The van der Waals surface area contributed by atoms with Crippen molar-refractivity contribution in [3.05, 3.63) is 29.3 Å². The van der Waals surface area contributed by atoms with Crippen molar-refractivity contribution in [2.45, 2.75) is 12.8 Å². The molecule has 0 aliphatic heterocycles. The van der Waals surface area contributed by atoms with Crippen LogP contribution in [0.1, 0.15) is 17.5 Å². The highest BCUT2D eigenvalue weighted by Crippen LogP contribution is 2.17. The Morgan fingerprint density at radius 2 is 2.08 bits per heavy atom. The molecule has 0 heterocycles. The van der Waals surface area contributed by atoms with Crippen LogP contribution in [-0.4, -0.2) is 5.11 Å². The number of aryl methyl sites for hydroxylation is 1. The predicted octanol–water partition coefficient (Wildman–Crippen LogP) is 1.72. The third-order valence-corrected chi connectivity index (χ3v) is 1.72. The topological polar surface area (TPSA) is 67.8 Å². The molecule has 0 fully saturated rings. The smallest absolute Gasteiger partial charge is 0.115 e. The van der Waals surface area contributed by atoms with E-state index in [9.17, 15) is 0 Å². The second kappa shape index (κ2) is 4.13. The average Bonchev–Trinajstić information content (AvgIpc) is 2.15. The molecule has 1 rings (SSSR count). The predicted molar refractivity (Wildman–Crippen MR) is 46.8 cm³/mol. The van der Waals surface area contributed by atoms with Crippen LogP contribution in [0.15, 0.2) is 18.2 Å². The third-order valence-electron chi connectivity index (χ3n) is 1.72. The molecule has 0 radical (unpaired) electrons. The lowest BCUT2D eigenvalue weighted by atomic mass is 10.0. The van der Waals surface area contributed by atoms with Crippen LogP contribution < -0.4 is 0 Å². The van der Waals surface area contributed by atoms with Gasteiger partial charge < -0.3 is 5.11 Å². The first-order chi connectivity index (χ1) is 6.27. The summed E-state index contributed by atoms with van der Waals surface area (Å²) in [5.41, 5.74) is 1.25. The summed E-state index contributed by atoms with van der Waals surface area (Å²) in [4.78, 5) is 0. The quantitative estimate of drug-likeness (QED) is 0.738. The molecule has 1 aromatic carbocycles. The highest BCUT2D eigenvalue weighted by atomic mass is 16.3. The SMILES string of the molecule is N#CCCc1cc(O)ccc1C#N. The van der Waals surface area contributed by atoms with Crippen LogP contribution in [0.25, 0.3) is 0 Å². The second-order valence-corrected chi connectivity index (χ2v) is 2.61. The fourth-order valence-electron chi connectivity index (χ4n) is 1.09. The van der Waals surface area contributed by atoms with Gasteiger partial charge in [0.15, 0.2) is 0 Å². The molecule has 0 atom stereocenters. The summed E-state index contributed by atoms with van der Waals surface area (Å²) >= 11 is 0. The van der Waals surface area contributed by atoms with Crippen LogP contribution in [0.3, 0.4) is 0 Å². The van der Waals surface area contributed by atoms with E-state index in [0.29, 0.717) is 18.4 Å². The lowest BCUT2D eigenvalue weighted by Gasteiger charge is -2.00. The third kappa shape index (κ3) is 2.21. The van der Waals surface area contributed by atoms with E-state index in [0.717, 1.165) is 5.56 Å². The number of hydrogen-bond acceptors (Lipinski definition) is 3. The molecule has 0 unspecified atom stereocenters. The summed E-state index contributed by atoms with van der Waals surface area (Å²) in [7, 11) is 0. The van der Waals surface area contributed by atoms with E-state index in [-0.39, 0.29) is 5.75 Å². The molecule has 64 valence electrons. The Hall–Kier alpha value is -2.00. The molecule has 1 N–H and O–H groups in total. The van der Waals surface area contributed by atoms with Crippen molar-refractivity contribution in [3.63, 3.8) is 0 Å². The van der Waals surface area contributed by atoms with E-state index in [1.54, 1.807) is 6.07 Å². The van der Waals surface area contributed by atoms with Gasteiger partial charge in [0, 0.05) is 6.42 Å². The first kappa shape index (κ1) is 9.09. The molecule has 13 heavy (non-hydrogen) atoms. The van der Waals surface area contributed by atoms with Crippen LogP contribution in [0, 0.1) is 22.7 Å². The van der Waals surface area contributed by atoms with Crippen LogP contribution in [0.5, 0.6) is 5.75 Å². The summed E-state index contributed by atoms with van der Waals surface area (Å²) in [6.07, 6.45) is 0.867. The maximum atomic E-state index is 9.14. The van der Waals surface area contributed by atoms with Crippen molar-refractivity contribution < 1.29 is 5.11 Å². The molecule has 0 aliphatic carbocycles. The van der Waals surface area contributed by atoms with E-state index in [1.165, 1.54) is 12.1 Å². The van der Waals surface area contributed by atoms with E-state index in [4.69, 9.17) is 15.6 Å². The zero-order chi connectivity index (χ0) is 9.68. The zero-order valence-corrected chi connectivity index (χ0v) is 6.99. The minimum absolute atomic E-state index is 0.131. The van der Waals surface area contributed by atoms with Crippen molar-refractivity contribution in [3.8, 4) is 17.9 Å². The van der Waals surface area contributed by atoms with Gasteiger partial charge in [0.2, 0.25) is 0 Å². The van der Waals surface area contributed by atoms with E-state index in [1.807, 2.05) is 12.1 Å². The number of nitrogens with zero attached hydrogens (tertiary/aromatic N) is 2. The Morgan fingerprint density at radius 3 is 2.69 bits per heavy atom. The fourth-order valence-corrected chi connectivity index (χ4v) is 1.09. The maximum Gasteiger partial charge on any atom is 0.115 e. The highest BCUT2D eigenvalue weighted by Gasteiger charge is 2.02. The van der Waals surface area contributed by atoms with Gasteiger partial charge >= 0.3 is 0 Å². The van der Waals surface area contributed by atoms with Gasteiger partial charge in [0.05, 0.1) is 17.7 Å². The van der Waals surface area contributed by atoms with Gasteiger partial charge in [0.1, 0.15) is 5.75 Å². The molecule has 0 spiro atoms. The Kier molecular flexibility index (Phi) is 2.89. The maximum absolute atomic E-state index is 9.14. The van der Waals surface area contributed by atoms with Gasteiger partial charge in [-0.05, 0) is 30.2 Å². The largest absolute Gasteiger partial charge is 0.508 e. The van der Waals surface area contributed by atoms with Crippen molar-refractivity contribution >= 4 is 0 Å². The molecule has 0 bridgehead atoms. The Morgan fingerprint density at radius 1 is 1.31 bits per heavy atom. The number of aromatic hydroxyl groups is 1. The standard InChI is InChI=1S/C10H8N2O/c11-5-1-2-8-6-10(13)4-3-9(8)7-12/h3-4,6,13H,1-2H2. The first-order valence-electron chi connectivity index (χ1n) is 3.87. The summed E-state index contributed by atoms with van der Waals surface area (Å²) in [5.74, 6) is 0.131. The normalized spacial score (nSPS) is 8.77. The molecular weight excluding hydrogens is 164 g/mol. The van der Waals surface area contributed by atoms with Crippen molar-refractivity contribution in [1.29, 1.82) is 10.5 Å². The first-order valence-corrected chi connectivity index (χ1v) is 3.87. The minimum atomic E-state index is 0.131. The number of phenolic OH excluding ortho intramolecular Hbond substituents is 1. The van der Waals surface area contributed by atoms with Gasteiger partial charge in [-0.15, -0.1) is 0 Å². The van der Waals surface area contributed by atoms with Crippen LogP contribution in [0.2, 0.25) is 0 Å². The lowest BCUT2D eigenvalue weighted by Crippen LogP contribution is -1.89. The van der Waals surface area contributed by atoms with Gasteiger partial charge in [-0.25, -0.2) is 0 Å². The van der Waals surface area contributed by atoms with E-state index < -0.39 is 0 Å². The molecule has 0 amide bonds. The molecule has 0 saturated heterocycles. The molecule has 0 aromatic heterocycles. The van der Waals surface area contributed by atoms with Crippen molar-refractivity contribution in [1.82, 2.24) is 0 Å². The molecular formula is C10H8N2O. The van der Waals surface area contributed by atoms with Crippen LogP contribution in [-0.2, 0) is 6.42 Å². The van der Waals surface area contributed by atoms with Crippen molar-refractivity contribution in [2.24, 2.45) is 0 Å². The monoisotopic (exact) mass is 172 g/mol. The molecule has 0 saturated carbocycles. The average molecular weight is 172 g/mol. The number of rotatable bonds is 2. The zero-order valence-electron chi connectivity index (χ0n) is 6.99. The van der Waals surface area contributed by atoms with Crippen molar-refractivity contribution in [2.75, 3.05) is 0 Å². The highest BCUT2D eigenvalue weighted by molar-refractivity contribution is 5.42. The van der Waals surface area contributed by atoms with Gasteiger partial charge in [-0.1, -0.05) is 0 Å². The Bertz CT molecular complexity index is 385. The Labute approximate surface area is 76.5 Å². The summed E-state index contributed by atoms with van der Waals surface area (Å²) in [5, 5.41) is 26.2. The van der Waals surface area contributed by atoms with Gasteiger partial charge in [-0.2, -0.15) is 10.5 Å². The number of nitriles is 2. The van der Waals surface area contributed by atoms with Gasteiger partial charge in [0.25, 0.3) is 0 Å². The number of benzene rings is 1. The molecule has 1 aromatic rings. The number of hydrogen-bond donors (Lipinski definition) is 1. The summed E-state index contributed by atoms with van der Waals surface area (Å²) in [6.45, 7) is 0. The summed E-state index contributed by atoms with van der Waals surface area (Å²) in [6, 6.07) is 8.56. The molecule has 3 nitrogen and oxygen atoms in total. The van der Waals surface area contributed by atoms with Crippen LogP contribution in [0.4, 0.5) is 0 Å². The van der Waals surface area contributed by atoms with E-state index >= 15 is 0 Å². The lowest BCUT2D eigenvalue weighted by molar-refractivity contribution is 0.474. The summed E-state index contributed by atoms with van der Waals surface area (Å²) < 4.78 is 0.